The lowest BCUT2D eigenvalue weighted by molar-refractivity contribution is 0.301. The van der Waals surface area contributed by atoms with Gasteiger partial charge in [0.05, 0.1) is 17.3 Å². The van der Waals surface area contributed by atoms with Crippen molar-refractivity contribution in [1.29, 1.82) is 0 Å². The largest absolute Gasteiger partial charge is 0.487 e. The summed E-state index contributed by atoms with van der Waals surface area (Å²) in [6.07, 6.45) is 4.38. The molecule has 0 radical (unpaired) electrons. The van der Waals surface area contributed by atoms with E-state index in [1.165, 1.54) is 0 Å². The van der Waals surface area contributed by atoms with Crippen molar-refractivity contribution in [2.24, 2.45) is 0 Å². The minimum atomic E-state index is 0.0295. The minimum absolute atomic E-state index is 0.0295. The van der Waals surface area contributed by atoms with Crippen molar-refractivity contribution in [3.8, 4) is 5.75 Å². The van der Waals surface area contributed by atoms with Crippen LogP contribution in [0, 0.1) is 0 Å². The van der Waals surface area contributed by atoms with Crippen LogP contribution >= 0.6 is 11.6 Å². The molecule has 0 spiro atoms. The van der Waals surface area contributed by atoms with E-state index >= 15 is 0 Å². The lowest BCUT2D eigenvalue weighted by Gasteiger charge is -2.18. The Morgan fingerprint density at radius 3 is 2.53 bits per heavy atom. The molecule has 0 bridgehead atoms. The highest BCUT2D eigenvalue weighted by Gasteiger charge is 2.25. The quantitative estimate of drug-likeness (QED) is 0.768. The average Bonchev–Trinajstić information content (AvgIpc) is 2.90. The van der Waals surface area contributed by atoms with Crippen LogP contribution in [-0.4, -0.2) is 11.1 Å². The average molecular weight is 226 g/mol. The summed E-state index contributed by atoms with van der Waals surface area (Å²) < 4.78 is 5.63. The molecule has 3 heteroatoms. The van der Waals surface area contributed by atoms with E-state index in [2.05, 4.69) is 25.8 Å². The Kier molecular flexibility index (Phi) is 2.63. The molecule has 2 nitrogen and oxygen atoms in total. The van der Waals surface area contributed by atoms with E-state index in [-0.39, 0.29) is 5.41 Å². The molecular formula is C12H16ClNO. The predicted molar refractivity (Wildman–Crippen MR) is 61.6 cm³/mol. The van der Waals surface area contributed by atoms with Crippen molar-refractivity contribution < 1.29 is 4.74 Å². The van der Waals surface area contributed by atoms with E-state index in [1.807, 2.05) is 6.07 Å². The van der Waals surface area contributed by atoms with E-state index in [4.69, 9.17) is 16.3 Å². The third kappa shape index (κ3) is 2.63. The molecule has 0 amide bonds. The van der Waals surface area contributed by atoms with Gasteiger partial charge in [0.15, 0.2) is 5.75 Å². The second-order valence-electron chi connectivity index (χ2n) is 5.07. The highest BCUT2D eigenvalue weighted by Crippen LogP contribution is 2.33. The maximum Gasteiger partial charge on any atom is 0.156 e. The third-order valence-electron chi connectivity index (χ3n) is 2.41. The number of nitrogens with zero attached hydrogens (tertiary/aromatic N) is 1. The van der Waals surface area contributed by atoms with Crippen molar-refractivity contribution in [3.63, 3.8) is 0 Å². The maximum absolute atomic E-state index is 6.14. The summed E-state index contributed by atoms with van der Waals surface area (Å²) in [6.45, 7) is 6.35. The monoisotopic (exact) mass is 225 g/mol. The van der Waals surface area contributed by atoms with Crippen molar-refractivity contribution in [2.75, 3.05) is 0 Å². The van der Waals surface area contributed by atoms with Gasteiger partial charge in [-0.05, 0) is 18.9 Å². The Hall–Kier alpha value is -0.760. The molecule has 0 aromatic carbocycles. The van der Waals surface area contributed by atoms with Gasteiger partial charge in [-0.25, -0.2) is 0 Å². The lowest BCUT2D eigenvalue weighted by Crippen LogP contribution is -2.13. The summed E-state index contributed by atoms with van der Waals surface area (Å²) in [6, 6.07) is 1.90. The van der Waals surface area contributed by atoms with E-state index in [1.54, 1.807) is 6.20 Å². The first-order valence-electron chi connectivity index (χ1n) is 5.29. The Bertz CT molecular complexity index is 366. The van der Waals surface area contributed by atoms with Crippen LogP contribution in [0.25, 0.3) is 0 Å². The van der Waals surface area contributed by atoms with Gasteiger partial charge in [-0.2, -0.15) is 0 Å². The molecule has 1 fully saturated rings. The molecule has 1 heterocycles. The molecule has 0 aliphatic heterocycles. The van der Waals surface area contributed by atoms with Crippen LogP contribution in [0.1, 0.15) is 39.3 Å². The van der Waals surface area contributed by atoms with Crippen LogP contribution in [-0.2, 0) is 5.41 Å². The number of rotatable bonds is 2. The van der Waals surface area contributed by atoms with E-state index in [0.29, 0.717) is 16.9 Å². The lowest BCUT2D eigenvalue weighted by atomic mass is 9.92. The van der Waals surface area contributed by atoms with E-state index < -0.39 is 0 Å². The molecule has 1 aromatic rings. The van der Waals surface area contributed by atoms with Crippen LogP contribution in [0.4, 0.5) is 0 Å². The third-order valence-corrected chi connectivity index (χ3v) is 2.70. The summed E-state index contributed by atoms with van der Waals surface area (Å²) >= 11 is 6.14. The van der Waals surface area contributed by atoms with Crippen LogP contribution < -0.4 is 4.74 Å². The first-order valence-corrected chi connectivity index (χ1v) is 5.67. The second-order valence-corrected chi connectivity index (χ2v) is 5.47. The molecule has 1 aliphatic rings. The number of pyridine rings is 1. The highest BCUT2D eigenvalue weighted by atomic mass is 35.5. The second kappa shape index (κ2) is 3.67. The van der Waals surface area contributed by atoms with Gasteiger partial charge >= 0.3 is 0 Å². The smallest absolute Gasteiger partial charge is 0.156 e. The molecule has 15 heavy (non-hydrogen) atoms. The fourth-order valence-corrected chi connectivity index (χ4v) is 1.48. The summed E-state index contributed by atoms with van der Waals surface area (Å²) in [4.78, 5) is 4.38. The Morgan fingerprint density at radius 2 is 2.07 bits per heavy atom. The SMILES string of the molecule is CC(C)(C)c1cc(Cl)c(OC2CC2)cn1. The molecule has 0 atom stereocenters. The number of halogens is 1. The molecule has 1 saturated carbocycles. The van der Waals surface area contributed by atoms with Gasteiger partial charge in [0, 0.05) is 11.1 Å². The molecule has 1 aliphatic carbocycles. The van der Waals surface area contributed by atoms with Gasteiger partial charge < -0.3 is 4.74 Å². The van der Waals surface area contributed by atoms with Crippen LogP contribution in [0.5, 0.6) is 5.75 Å². The van der Waals surface area contributed by atoms with Crippen molar-refractivity contribution in [2.45, 2.75) is 45.1 Å². The minimum Gasteiger partial charge on any atom is -0.487 e. The Labute approximate surface area is 95.6 Å². The number of hydrogen-bond acceptors (Lipinski definition) is 2. The van der Waals surface area contributed by atoms with Crippen LogP contribution in [0.2, 0.25) is 5.02 Å². The zero-order valence-corrected chi connectivity index (χ0v) is 10.1. The van der Waals surface area contributed by atoms with Gasteiger partial charge in [0.25, 0.3) is 0 Å². The van der Waals surface area contributed by atoms with E-state index in [0.717, 1.165) is 18.5 Å². The van der Waals surface area contributed by atoms with Crippen molar-refractivity contribution in [1.82, 2.24) is 4.98 Å². The number of aromatic nitrogens is 1. The van der Waals surface area contributed by atoms with Gasteiger partial charge in [-0.15, -0.1) is 0 Å². The molecule has 1 aromatic heterocycles. The van der Waals surface area contributed by atoms with Crippen molar-refractivity contribution in [3.05, 3.63) is 23.0 Å². The summed E-state index contributed by atoms with van der Waals surface area (Å²) in [5.41, 5.74) is 1.03. The zero-order chi connectivity index (χ0) is 11.1. The standard InChI is InChI=1S/C12H16ClNO/c1-12(2,3)11-6-9(13)10(7-14-11)15-8-4-5-8/h6-8H,4-5H2,1-3H3. The fourth-order valence-electron chi connectivity index (χ4n) is 1.28. The Balaban J connectivity index is 2.21. The van der Waals surface area contributed by atoms with E-state index in [9.17, 15) is 0 Å². The summed E-state index contributed by atoms with van der Waals surface area (Å²) in [7, 11) is 0. The molecule has 0 unspecified atom stereocenters. The highest BCUT2D eigenvalue weighted by molar-refractivity contribution is 6.32. The van der Waals surface area contributed by atoms with Crippen LogP contribution in [0.15, 0.2) is 12.3 Å². The Morgan fingerprint density at radius 1 is 1.40 bits per heavy atom. The van der Waals surface area contributed by atoms with Gasteiger partial charge in [0.2, 0.25) is 0 Å². The molecule has 0 N–H and O–H groups in total. The molecule has 2 rings (SSSR count). The number of ether oxygens (including phenoxy) is 1. The van der Waals surface area contributed by atoms with Gasteiger partial charge in [0.1, 0.15) is 0 Å². The first-order chi connectivity index (χ1) is 6.97. The number of hydrogen-bond donors (Lipinski definition) is 0. The first kappa shape index (κ1) is 10.7. The van der Waals surface area contributed by atoms with Gasteiger partial charge in [-0.1, -0.05) is 32.4 Å². The molecule has 82 valence electrons. The topological polar surface area (TPSA) is 22.1 Å². The normalized spacial score (nSPS) is 16.5. The fraction of sp³-hybridized carbons (Fsp3) is 0.583. The predicted octanol–water partition coefficient (Wildman–Crippen LogP) is 3.57. The molecule has 0 saturated heterocycles. The summed E-state index contributed by atoms with van der Waals surface area (Å²) in [5.74, 6) is 0.715. The molecular weight excluding hydrogens is 210 g/mol. The van der Waals surface area contributed by atoms with Gasteiger partial charge in [-0.3, -0.25) is 4.98 Å². The van der Waals surface area contributed by atoms with Crippen molar-refractivity contribution >= 4 is 11.6 Å². The van der Waals surface area contributed by atoms with Crippen LogP contribution in [0.3, 0.4) is 0 Å². The summed E-state index contributed by atoms with van der Waals surface area (Å²) in [5, 5.41) is 0.668. The zero-order valence-electron chi connectivity index (χ0n) is 9.38. The maximum atomic E-state index is 6.14.